The SMILES string of the molecule is C#CCOc1cc(-n2nc3n(c2=O)CCCC3)c(Cl)cc1Cl.C[C@@H](Oc1ccc(Oc2ncc(Cl)cc2F)cc1)C(=O)O.O=C(O)COc1ccc(Cl)c2cccnc12. The molecule has 0 spiro atoms. The topological polar surface area (TPSA) is 177 Å². The molecule has 1 atom stereocenters. The molecule has 0 bridgehead atoms. The monoisotopic (exact) mass is 885 g/mol. The van der Waals surface area contributed by atoms with Gasteiger partial charge < -0.3 is 29.2 Å². The fourth-order valence-electron chi connectivity index (χ4n) is 5.26. The van der Waals surface area contributed by atoms with E-state index in [2.05, 4.69) is 21.0 Å². The van der Waals surface area contributed by atoms with Gasteiger partial charge in [0.15, 0.2) is 18.5 Å². The first kappa shape index (κ1) is 44.1. The van der Waals surface area contributed by atoms with Crippen LogP contribution in [0, 0.1) is 18.2 Å². The average molecular weight is 888 g/mol. The number of rotatable bonds is 11. The van der Waals surface area contributed by atoms with Crippen molar-refractivity contribution in [1.82, 2.24) is 24.3 Å². The highest BCUT2D eigenvalue weighted by molar-refractivity contribution is 6.36. The largest absolute Gasteiger partial charge is 0.480 e. The number of carboxylic acid groups (broad SMARTS) is 2. The minimum absolute atomic E-state index is 0.0788. The molecule has 0 fully saturated rings. The van der Waals surface area contributed by atoms with E-state index in [-0.39, 0.29) is 23.2 Å². The Morgan fingerprint density at radius 1 is 0.932 bits per heavy atom. The van der Waals surface area contributed by atoms with Gasteiger partial charge in [0.2, 0.25) is 0 Å². The summed E-state index contributed by atoms with van der Waals surface area (Å²) in [7, 11) is 0. The standard InChI is InChI=1S/C15H13Cl2N3O2.C14H11ClFNO4.C11H8ClNO3/c1-2-7-22-13-9-12(10(16)8-11(13)17)20-15(21)19-6-4-3-5-14(19)18-20;1-8(14(18)19)20-10-2-4-11(5-3-10)21-13-12(16)6-9(15)7-17-13;12-8-3-4-9(16-6-10(14)15)11-7(8)2-1-5-13-11/h1,8-9H,3-7H2;2-8H,1H3,(H,18,19);1-5H,6H2,(H,14,15)/t;8-;/m.1./s1. The molecule has 3 aromatic heterocycles. The number of halogens is 5. The second kappa shape index (κ2) is 20.6. The first-order valence-corrected chi connectivity index (χ1v) is 18.9. The normalized spacial score (nSPS) is 12.0. The van der Waals surface area contributed by atoms with Crippen molar-refractivity contribution in [1.29, 1.82) is 0 Å². The van der Waals surface area contributed by atoms with Gasteiger partial charge in [0.1, 0.15) is 40.9 Å². The van der Waals surface area contributed by atoms with E-state index in [1.54, 1.807) is 41.1 Å². The molecule has 19 heteroatoms. The average Bonchev–Trinajstić information content (AvgIpc) is 3.55. The van der Waals surface area contributed by atoms with Gasteiger partial charge in [-0.1, -0.05) is 52.3 Å². The smallest absolute Gasteiger partial charge is 0.350 e. The predicted octanol–water partition coefficient (Wildman–Crippen LogP) is 8.56. The Kier molecular flexibility index (Phi) is 15.4. The molecule has 0 radical (unpaired) electrons. The van der Waals surface area contributed by atoms with Gasteiger partial charge in [-0.15, -0.1) is 11.5 Å². The summed E-state index contributed by atoms with van der Waals surface area (Å²) >= 11 is 23.9. The summed E-state index contributed by atoms with van der Waals surface area (Å²) in [6.07, 6.45) is 9.88. The molecule has 3 aromatic carbocycles. The highest BCUT2D eigenvalue weighted by Crippen LogP contribution is 2.33. The molecule has 306 valence electrons. The van der Waals surface area contributed by atoms with E-state index in [1.807, 2.05) is 0 Å². The van der Waals surface area contributed by atoms with Crippen LogP contribution in [0.4, 0.5) is 4.39 Å². The number of pyridine rings is 2. The van der Waals surface area contributed by atoms with E-state index in [1.165, 1.54) is 48.1 Å². The Labute approximate surface area is 355 Å². The first-order chi connectivity index (χ1) is 28.2. The molecule has 14 nitrogen and oxygen atoms in total. The zero-order chi connectivity index (χ0) is 42.6. The van der Waals surface area contributed by atoms with E-state index in [0.29, 0.717) is 55.8 Å². The number of fused-ring (bicyclic) bond motifs is 2. The van der Waals surface area contributed by atoms with Crippen molar-refractivity contribution >= 4 is 69.2 Å². The third kappa shape index (κ3) is 11.8. The van der Waals surface area contributed by atoms with Crippen LogP contribution in [0.25, 0.3) is 16.6 Å². The van der Waals surface area contributed by atoms with Gasteiger partial charge in [-0.05, 0) is 80.4 Å². The minimum atomic E-state index is -1.07. The van der Waals surface area contributed by atoms with E-state index in [9.17, 15) is 18.8 Å². The lowest BCUT2D eigenvalue weighted by Gasteiger charge is -2.11. The molecular weight excluding hydrogens is 855 g/mol. The quantitative estimate of drug-likeness (QED) is 0.119. The highest BCUT2D eigenvalue weighted by atomic mass is 35.5. The van der Waals surface area contributed by atoms with Crippen LogP contribution in [-0.2, 0) is 22.6 Å². The van der Waals surface area contributed by atoms with E-state index in [4.69, 9.17) is 82.0 Å². The van der Waals surface area contributed by atoms with Crippen molar-refractivity contribution in [2.75, 3.05) is 13.2 Å². The van der Waals surface area contributed by atoms with Crippen molar-refractivity contribution in [3.8, 4) is 46.9 Å². The van der Waals surface area contributed by atoms with Gasteiger partial charge in [0.25, 0.3) is 5.88 Å². The number of aromatic nitrogens is 5. The fraction of sp³-hybridized carbons (Fsp3) is 0.200. The van der Waals surface area contributed by atoms with E-state index < -0.39 is 30.5 Å². The van der Waals surface area contributed by atoms with Crippen molar-refractivity contribution in [2.45, 2.75) is 38.8 Å². The third-order valence-electron chi connectivity index (χ3n) is 8.02. The lowest BCUT2D eigenvalue weighted by atomic mass is 10.2. The molecule has 0 unspecified atom stereocenters. The highest BCUT2D eigenvalue weighted by Gasteiger charge is 2.20. The zero-order valence-electron chi connectivity index (χ0n) is 30.8. The van der Waals surface area contributed by atoms with Crippen molar-refractivity contribution in [2.24, 2.45) is 0 Å². The number of carboxylic acids is 2. The molecule has 0 saturated heterocycles. The lowest BCUT2D eigenvalue weighted by Crippen LogP contribution is -2.26. The number of carbonyl (C=O) groups is 2. The summed E-state index contributed by atoms with van der Waals surface area (Å²) in [5, 5.41) is 23.8. The zero-order valence-corrected chi connectivity index (χ0v) is 33.8. The first-order valence-electron chi connectivity index (χ1n) is 17.4. The van der Waals surface area contributed by atoms with Gasteiger partial charge in [0, 0.05) is 36.8 Å². The maximum absolute atomic E-state index is 13.5. The van der Waals surface area contributed by atoms with E-state index >= 15 is 0 Å². The molecule has 0 amide bonds. The molecule has 2 N–H and O–H groups in total. The minimum Gasteiger partial charge on any atom is -0.480 e. The van der Waals surface area contributed by atoms with Gasteiger partial charge in [-0.3, -0.25) is 9.55 Å². The summed E-state index contributed by atoms with van der Waals surface area (Å²) in [5.74, 6) is 1.65. The maximum Gasteiger partial charge on any atom is 0.350 e. The Hall–Kier alpha value is -6.05. The molecule has 7 rings (SSSR count). The van der Waals surface area contributed by atoms with Gasteiger partial charge in [0.05, 0.1) is 25.8 Å². The molecule has 59 heavy (non-hydrogen) atoms. The van der Waals surface area contributed by atoms with Crippen LogP contribution in [0.3, 0.4) is 0 Å². The van der Waals surface area contributed by atoms with Crippen molar-refractivity contribution < 1.29 is 43.1 Å². The van der Waals surface area contributed by atoms with Gasteiger partial charge in [-0.2, -0.15) is 4.68 Å². The molecular formula is C40H32Cl4FN5O9. The predicted molar refractivity (Wildman–Crippen MR) is 218 cm³/mol. The molecule has 1 aliphatic rings. The van der Waals surface area contributed by atoms with Crippen LogP contribution in [-0.4, -0.2) is 65.8 Å². The molecule has 1 aliphatic heterocycles. The van der Waals surface area contributed by atoms with Crippen LogP contribution in [0.2, 0.25) is 20.1 Å². The number of benzene rings is 3. The molecule has 4 heterocycles. The molecule has 0 aliphatic carbocycles. The summed E-state index contributed by atoms with van der Waals surface area (Å²) in [4.78, 5) is 41.4. The number of terminal acetylenes is 1. The van der Waals surface area contributed by atoms with E-state index in [0.717, 1.165) is 36.5 Å². The summed E-state index contributed by atoms with van der Waals surface area (Å²) in [6.45, 7) is 1.78. The number of aryl methyl sites for hydroxylation is 1. The lowest BCUT2D eigenvalue weighted by molar-refractivity contribution is -0.144. The fourth-order valence-corrected chi connectivity index (χ4v) is 6.14. The number of aliphatic carboxylic acids is 2. The Morgan fingerprint density at radius 2 is 1.68 bits per heavy atom. The number of hydrogen-bond acceptors (Lipinski definition) is 10. The van der Waals surface area contributed by atoms with Crippen molar-refractivity contribution in [3.05, 3.63) is 121 Å². The molecule has 6 aromatic rings. The van der Waals surface area contributed by atoms with Gasteiger partial charge >= 0.3 is 17.6 Å². The summed E-state index contributed by atoms with van der Waals surface area (Å²) in [6, 6.07) is 17.1. The third-order valence-corrected chi connectivity index (χ3v) is 9.15. The Morgan fingerprint density at radius 3 is 2.36 bits per heavy atom. The molecule has 0 saturated carbocycles. The summed E-state index contributed by atoms with van der Waals surface area (Å²) < 4.78 is 37.4. The number of ether oxygens (including phenoxy) is 4. The van der Waals surface area contributed by atoms with Crippen LogP contribution in [0.5, 0.6) is 28.9 Å². The summed E-state index contributed by atoms with van der Waals surface area (Å²) in [5.41, 5.74) is 0.795. The Balaban J connectivity index is 0.000000170. The van der Waals surface area contributed by atoms with Crippen LogP contribution >= 0.6 is 46.4 Å². The number of nitrogens with zero attached hydrogens (tertiary/aromatic N) is 5. The number of hydrogen-bond donors (Lipinski definition) is 2. The maximum atomic E-state index is 13.5. The second-order valence-corrected chi connectivity index (χ2v) is 13.8. The van der Waals surface area contributed by atoms with Crippen molar-refractivity contribution in [3.63, 3.8) is 0 Å². The van der Waals surface area contributed by atoms with Gasteiger partial charge in [-0.25, -0.2) is 23.8 Å². The van der Waals surface area contributed by atoms with Crippen LogP contribution < -0.4 is 24.6 Å². The Bertz CT molecular complexity index is 2560. The van der Waals surface area contributed by atoms with Crippen LogP contribution in [0.1, 0.15) is 25.6 Å². The second-order valence-electron chi connectivity index (χ2n) is 12.2. The van der Waals surface area contributed by atoms with Crippen LogP contribution in [0.15, 0.2) is 83.9 Å².